The minimum Gasteiger partial charge on any atom is -0.481 e. The van der Waals surface area contributed by atoms with E-state index < -0.39 is 5.97 Å². The van der Waals surface area contributed by atoms with E-state index in [1.807, 2.05) is 0 Å². The number of carboxylic acid groups (broad SMARTS) is 1. The van der Waals surface area contributed by atoms with Crippen LogP contribution >= 0.6 is 0 Å². The molecule has 0 aliphatic carbocycles. The summed E-state index contributed by atoms with van der Waals surface area (Å²) in [7, 11) is 0. The number of aliphatic carboxylic acids is 1. The van der Waals surface area contributed by atoms with Gasteiger partial charge < -0.3 is 10.4 Å². The fraction of sp³-hybridized carbons (Fsp3) is 0.143. The molecule has 1 heterocycles. The third kappa shape index (κ3) is 3.61. The van der Waals surface area contributed by atoms with Crippen LogP contribution < -0.4 is 5.32 Å². The zero-order valence-corrected chi connectivity index (χ0v) is 10.8. The third-order valence-corrected chi connectivity index (χ3v) is 2.55. The Labute approximate surface area is 115 Å². The number of hydrogen-bond acceptors (Lipinski definition) is 4. The van der Waals surface area contributed by atoms with Gasteiger partial charge in [-0.3, -0.25) is 14.6 Å². The summed E-state index contributed by atoms with van der Waals surface area (Å²) in [6.45, 7) is 1.78. The molecule has 102 valence electrons. The van der Waals surface area contributed by atoms with Crippen molar-refractivity contribution in [2.24, 2.45) is 0 Å². The first kappa shape index (κ1) is 13.7. The molecule has 0 radical (unpaired) electrons. The van der Waals surface area contributed by atoms with Gasteiger partial charge in [0.25, 0.3) is 5.91 Å². The number of nitrogens with zero attached hydrogens (tertiary/aromatic N) is 2. The van der Waals surface area contributed by atoms with Crippen LogP contribution in [0.15, 0.2) is 36.7 Å². The van der Waals surface area contributed by atoms with E-state index in [1.165, 1.54) is 12.4 Å². The van der Waals surface area contributed by atoms with Gasteiger partial charge in [0, 0.05) is 11.9 Å². The number of hydrogen-bond donors (Lipinski definition) is 2. The van der Waals surface area contributed by atoms with Crippen LogP contribution in [-0.2, 0) is 11.2 Å². The lowest BCUT2D eigenvalue weighted by molar-refractivity contribution is -0.136. The normalized spacial score (nSPS) is 10.1. The molecule has 2 N–H and O–H groups in total. The number of carboxylic acids is 1. The minimum absolute atomic E-state index is 0.0892. The molecule has 0 bridgehead atoms. The Bertz CT molecular complexity index is 638. The van der Waals surface area contributed by atoms with Crippen molar-refractivity contribution in [1.29, 1.82) is 0 Å². The Morgan fingerprint density at radius 3 is 2.70 bits per heavy atom. The standard InChI is InChI=1S/C14H13N3O3/c1-9-7-16-12(8-15-9)14(20)17-11-4-2-3-10(5-11)6-13(18)19/h2-5,7-8H,6H2,1H3,(H,17,20)(H,18,19). The van der Waals surface area contributed by atoms with Gasteiger partial charge in [0.05, 0.1) is 18.3 Å². The molecule has 6 nitrogen and oxygen atoms in total. The largest absolute Gasteiger partial charge is 0.481 e. The Hall–Kier alpha value is -2.76. The maximum Gasteiger partial charge on any atom is 0.307 e. The predicted octanol–water partition coefficient (Wildman–Crippen LogP) is 1.66. The monoisotopic (exact) mass is 271 g/mol. The summed E-state index contributed by atoms with van der Waals surface area (Å²) in [6.07, 6.45) is 2.82. The van der Waals surface area contributed by atoms with Crippen LogP contribution in [0, 0.1) is 6.92 Å². The van der Waals surface area contributed by atoms with Crippen LogP contribution in [0.25, 0.3) is 0 Å². The molecule has 20 heavy (non-hydrogen) atoms. The van der Waals surface area contributed by atoms with E-state index in [4.69, 9.17) is 5.11 Å². The quantitative estimate of drug-likeness (QED) is 0.882. The molecule has 1 amide bonds. The highest BCUT2D eigenvalue weighted by molar-refractivity contribution is 6.02. The highest BCUT2D eigenvalue weighted by Crippen LogP contribution is 2.12. The molecule has 0 atom stereocenters. The summed E-state index contributed by atoms with van der Waals surface area (Å²) in [5, 5.41) is 11.4. The molecule has 0 unspecified atom stereocenters. The van der Waals surface area contributed by atoms with Gasteiger partial charge in [-0.05, 0) is 24.6 Å². The lowest BCUT2D eigenvalue weighted by Crippen LogP contribution is -2.14. The topological polar surface area (TPSA) is 92.2 Å². The average molecular weight is 271 g/mol. The summed E-state index contributed by atoms with van der Waals surface area (Å²) in [5.74, 6) is -1.30. The van der Waals surface area contributed by atoms with Crippen LogP contribution in [0.2, 0.25) is 0 Å². The molecule has 1 aromatic heterocycles. The van der Waals surface area contributed by atoms with E-state index in [1.54, 1.807) is 31.2 Å². The van der Waals surface area contributed by atoms with E-state index in [2.05, 4.69) is 15.3 Å². The number of aryl methyl sites for hydroxylation is 1. The first-order valence-electron chi connectivity index (χ1n) is 5.95. The van der Waals surface area contributed by atoms with E-state index in [9.17, 15) is 9.59 Å². The lowest BCUT2D eigenvalue weighted by atomic mass is 10.1. The van der Waals surface area contributed by atoms with Crippen LogP contribution in [0.5, 0.6) is 0 Å². The maximum atomic E-state index is 11.9. The van der Waals surface area contributed by atoms with Crippen LogP contribution in [0.3, 0.4) is 0 Å². The summed E-state index contributed by atoms with van der Waals surface area (Å²) in [5.41, 5.74) is 2.07. The Morgan fingerprint density at radius 1 is 1.25 bits per heavy atom. The molecule has 0 aliphatic rings. The first-order chi connectivity index (χ1) is 9.54. The van der Waals surface area contributed by atoms with Gasteiger partial charge in [-0.1, -0.05) is 12.1 Å². The minimum atomic E-state index is -0.919. The third-order valence-electron chi connectivity index (χ3n) is 2.55. The molecule has 1 aromatic carbocycles. The highest BCUT2D eigenvalue weighted by atomic mass is 16.4. The van der Waals surface area contributed by atoms with Gasteiger partial charge >= 0.3 is 5.97 Å². The molecule has 2 rings (SSSR count). The van der Waals surface area contributed by atoms with E-state index in [-0.39, 0.29) is 18.0 Å². The van der Waals surface area contributed by atoms with Crippen LogP contribution in [0.4, 0.5) is 5.69 Å². The number of rotatable bonds is 4. The SMILES string of the molecule is Cc1cnc(C(=O)Nc2cccc(CC(=O)O)c2)cn1. The summed E-state index contributed by atoms with van der Waals surface area (Å²) < 4.78 is 0. The van der Waals surface area contributed by atoms with Gasteiger partial charge in [-0.2, -0.15) is 0 Å². The van der Waals surface area contributed by atoms with E-state index in [0.717, 1.165) is 5.69 Å². The second-order valence-corrected chi connectivity index (χ2v) is 4.27. The number of carbonyl (C=O) groups excluding carboxylic acids is 1. The number of benzene rings is 1. The second-order valence-electron chi connectivity index (χ2n) is 4.27. The summed E-state index contributed by atoms with van der Waals surface area (Å²) in [6, 6.07) is 6.68. The van der Waals surface area contributed by atoms with Crippen molar-refractivity contribution in [3.63, 3.8) is 0 Å². The van der Waals surface area contributed by atoms with Gasteiger partial charge in [0.15, 0.2) is 0 Å². The Kier molecular flexibility index (Phi) is 4.05. The number of anilines is 1. The Balaban J connectivity index is 2.11. The average Bonchev–Trinajstić information content (AvgIpc) is 2.39. The van der Waals surface area contributed by atoms with Crippen molar-refractivity contribution in [2.45, 2.75) is 13.3 Å². The van der Waals surface area contributed by atoms with E-state index in [0.29, 0.717) is 11.3 Å². The van der Waals surface area contributed by atoms with Gasteiger partial charge in [0.1, 0.15) is 5.69 Å². The Morgan fingerprint density at radius 2 is 2.05 bits per heavy atom. The lowest BCUT2D eigenvalue weighted by Gasteiger charge is -2.06. The smallest absolute Gasteiger partial charge is 0.307 e. The second kappa shape index (κ2) is 5.92. The fourth-order valence-electron chi connectivity index (χ4n) is 1.64. The molecule has 6 heteroatoms. The number of amides is 1. The van der Waals surface area contributed by atoms with Gasteiger partial charge in [-0.25, -0.2) is 4.98 Å². The molecule has 0 aliphatic heterocycles. The van der Waals surface area contributed by atoms with Gasteiger partial charge in [0.2, 0.25) is 0 Å². The van der Waals surface area contributed by atoms with Crippen molar-refractivity contribution in [2.75, 3.05) is 5.32 Å². The van der Waals surface area contributed by atoms with Crippen LogP contribution in [-0.4, -0.2) is 27.0 Å². The van der Waals surface area contributed by atoms with Crippen molar-refractivity contribution in [3.05, 3.63) is 53.6 Å². The molecule has 0 saturated carbocycles. The van der Waals surface area contributed by atoms with Crippen molar-refractivity contribution >= 4 is 17.6 Å². The molecule has 0 spiro atoms. The zero-order valence-electron chi connectivity index (χ0n) is 10.8. The predicted molar refractivity (Wildman–Crippen MR) is 72.5 cm³/mol. The highest BCUT2D eigenvalue weighted by Gasteiger charge is 2.08. The molecule has 2 aromatic rings. The zero-order chi connectivity index (χ0) is 14.5. The molecular formula is C14H13N3O3. The molecule has 0 saturated heterocycles. The van der Waals surface area contributed by atoms with Crippen molar-refractivity contribution in [3.8, 4) is 0 Å². The van der Waals surface area contributed by atoms with Crippen LogP contribution in [0.1, 0.15) is 21.7 Å². The summed E-state index contributed by atoms with van der Waals surface area (Å²) >= 11 is 0. The van der Waals surface area contributed by atoms with Gasteiger partial charge in [-0.15, -0.1) is 0 Å². The summed E-state index contributed by atoms with van der Waals surface area (Å²) in [4.78, 5) is 30.6. The number of carbonyl (C=O) groups is 2. The first-order valence-corrected chi connectivity index (χ1v) is 5.95. The van der Waals surface area contributed by atoms with Crippen molar-refractivity contribution < 1.29 is 14.7 Å². The fourth-order valence-corrected chi connectivity index (χ4v) is 1.64. The number of aromatic nitrogens is 2. The van der Waals surface area contributed by atoms with E-state index >= 15 is 0 Å². The number of nitrogens with one attached hydrogen (secondary N) is 1. The maximum absolute atomic E-state index is 11.9. The molecule has 0 fully saturated rings. The van der Waals surface area contributed by atoms with Crippen molar-refractivity contribution in [1.82, 2.24) is 9.97 Å². The molecular weight excluding hydrogens is 258 g/mol.